The summed E-state index contributed by atoms with van der Waals surface area (Å²) >= 11 is 6.07. The summed E-state index contributed by atoms with van der Waals surface area (Å²) in [5.74, 6) is -0.932. The van der Waals surface area contributed by atoms with E-state index >= 15 is 0 Å². The second-order valence-corrected chi connectivity index (χ2v) is 8.15. The molecule has 0 bridgehead atoms. The maximum absolute atomic E-state index is 12.2. The van der Waals surface area contributed by atoms with E-state index < -0.39 is 28.0 Å². The molecule has 2 aromatic rings. The van der Waals surface area contributed by atoms with E-state index in [9.17, 15) is 26.4 Å². The van der Waals surface area contributed by atoms with Gasteiger partial charge in [0, 0.05) is 18.0 Å². The molecule has 0 spiro atoms. The number of nitrogens with one attached hydrogen (secondary N) is 2. The van der Waals surface area contributed by atoms with Crippen LogP contribution in [0.15, 0.2) is 53.4 Å². The van der Waals surface area contributed by atoms with Crippen LogP contribution >= 0.6 is 11.6 Å². The summed E-state index contributed by atoms with van der Waals surface area (Å²) in [6.45, 7) is 1.55. The van der Waals surface area contributed by atoms with Gasteiger partial charge in [-0.2, -0.15) is 0 Å². The minimum atomic E-state index is -4.87. The number of hydrogen-bond donors (Lipinski definition) is 2. The van der Waals surface area contributed by atoms with Gasteiger partial charge in [-0.3, -0.25) is 4.79 Å². The normalized spacial score (nSPS) is 13.0. The van der Waals surface area contributed by atoms with E-state index in [1.54, 1.807) is 31.2 Å². The number of benzene rings is 2. The van der Waals surface area contributed by atoms with Crippen LogP contribution in [0, 0.1) is 0 Å². The van der Waals surface area contributed by atoms with Gasteiger partial charge in [0.1, 0.15) is 5.75 Å². The summed E-state index contributed by atoms with van der Waals surface area (Å²) < 4.78 is 66.7. The third-order valence-electron chi connectivity index (χ3n) is 3.76. The monoisotopic (exact) mass is 450 g/mol. The van der Waals surface area contributed by atoms with E-state index in [-0.39, 0.29) is 23.9 Å². The van der Waals surface area contributed by atoms with Crippen LogP contribution in [-0.4, -0.2) is 27.2 Å². The van der Waals surface area contributed by atoms with E-state index in [1.165, 1.54) is 0 Å². The van der Waals surface area contributed by atoms with Crippen LogP contribution in [0.5, 0.6) is 5.75 Å². The van der Waals surface area contributed by atoms with Gasteiger partial charge in [-0.05, 0) is 42.8 Å². The molecule has 0 heterocycles. The lowest BCUT2D eigenvalue weighted by molar-refractivity contribution is -0.274. The molecule has 11 heteroatoms. The molecule has 1 amide bonds. The van der Waals surface area contributed by atoms with E-state index in [1.807, 2.05) is 0 Å². The van der Waals surface area contributed by atoms with Crippen LogP contribution in [0.2, 0.25) is 5.02 Å². The third kappa shape index (κ3) is 7.22. The predicted octanol–water partition coefficient (Wildman–Crippen LogP) is 3.78. The fourth-order valence-corrected chi connectivity index (χ4v) is 3.75. The average Bonchev–Trinajstić information content (AvgIpc) is 2.61. The Morgan fingerprint density at radius 2 is 1.76 bits per heavy atom. The van der Waals surface area contributed by atoms with Gasteiger partial charge in [-0.1, -0.05) is 29.8 Å². The third-order valence-corrected chi connectivity index (χ3v) is 5.58. The predicted molar refractivity (Wildman–Crippen MR) is 101 cm³/mol. The molecular formula is C18H18ClF3N2O4S. The number of amides is 1. The molecule has 2 aromatic carbocycles. The molecule has 0 saturated carbocycles. The van der Waals surface area contributed by atoms with Crippen molar-refractivity contribution >= 4 is 27.5 Å². The van der Waals surface area contributed by atoms with Gasteiger partial charge in [0.2, 0.25) is 15.9 Å². The van der Waals surface area contributed by atoms with Crippen LogP contribution in [0.1, 0.15) is 24.9 Å². The van der Waals surface area contributed by atoms with Crippen molar-refractivity contribution in [3.63, 3.8) is 0 Å². The first-order valence-corrected chi connectivity index (χ1v) is 10.2. The fraction of sp³-hybridized carbons (Fsp3) is 0.278. The van der Waals surface area contributed by atoms with Crippen molar-refractivity contribution in [3.8, 4) is 5.75 Å². The maximum atomic E-state index is 12.2. The van der Waals surface area contributed by atoms with Crippen molar-refractivity contribution in [3.05, 3.63) is 59.1 Å². The fourth-order valence-electron chi connectivity index (χ4n) is 2.42. The number of ether oxygens (including phenoxy) is 1. The second-order valence-electron chi connectivity index (χ2n) is 5.98. The molecule has 0 aliphatic heterocycles. The number of sulfonamides is 1. The SMILES string of the molecule is CC(NC(=O)CCNS(=O)(=O)c1ccc(OC(F)(F)F)cc1)c1ccccc1Cl. The highest BCUT2D eigenvalue weighted by molar-refractivity contribution is 7.89. The maximum Gasteiger partial charge on any atom is 0.573 e. The van der Waals surface area contributed by atoms with Gasteiger partial charge >= 0.3 is 6.36 Å². The largest absolute Gasteiger partial charge is 0.573 e. The summed E-state index contributed by atoms with van der Waals surface area (Å²) in [5.41, 5.74) is 0.726. The second kappa shape index (κ2) is 9.47. The first kappa shape index (κ1) is 23.0. The van der Waals surface area contributed by atoms with Crippen molar-refractivity contribution < 1.29 is 31.1 Å². The van der Waals surface area contributed by atoms with Crippen molar-refractivity contribution in [1.29, 1.82) is 0 Å². The summed E-state index contributed by atoms with van der Waals surface area (Å²) in [6.07, 6.45) is -5.00. The van der Waals surface area contributed by atoms with E-state index in [0.717, 1.165) is 29.8 Å². The van der Waals surface area contributed by atoms with Crippen LogP contribution in [-0.2, 0) is 14.8 Å². The summed E-state index contributed by atoms with van der Waals surface area (Å²) in [7, 11) is -3.99. The van der Waals surface area contributed by atoms with Crippen molar-refractivity contribution in [2.75, 3.05) is 6.54 Å². The molecule has 2 N–H and O–H groups in total. The minimum Gasteiger partial charge on any atom is -0.406 e. The molecule has 1 atom stereocenters. The standard InChI is InChI=1S/C18H18ClF3N2O4S/c1-12(15-4-2-3-5-16(15)19)24-17(25)10-11-23-29(26,27)14-8-6-13(7-9-14)28-18(20,21)22/h2-9,12,23H,10-11H2,1H3,(H,24,25). The molecule has 2 rings (SSSR count). The van der Waals surface area contributed by atoms with E-state index in [2.05, 4.69) is 14.8 Å². The van der Waals surface area contributed by atoms with Gasteiger partial charge in [-0.25, -0.2) is 13.1 Å². The summed E-state index contributed by atoms with van der Waals surface area (Å²) in [4.78, 5) is 11.8. The molecule has 0 aliphatic rings. The number of carbonyl (C=O) groups excluding carboxylic acids is 1. The zero-order chi connectivity index (χ0) is 21.7. The van der Waals surface area contributed by atoms with Gasteiger partial charge in [0.25, 0.3) is 0 Å². The summed E-state index contributed by atoms with van der Waals surface area (Å²) in [5, 5.41) is 3.21. The van der Waals surface area contributed by atoms with Crippen molar-refractivity contribution in [2.24, 2.45) is 0 Å². The molecule has 0 radical (unpaired) electrons. The molecule has 0 saturated heterocycles. The summed E-state index contributed by atoms with van der Waals surface area (Å²) in [6, 6.07) is 10.4. The van der Waals surface area contributed by atoms with Gasteiger partial charge in [0.05, 0.1) is 10.9 Å². The lowest BCUT2D eigenvalue weighted by Crippen LogP contribution is -2.32. The Labute approximate surface area is 171 Å². The first-order valence-electron chi connectivity index (χ1n) is 8.37. The molecule has 6 nitrogen and oxygen atoms in total. The van der Waals surface area contributed by atoms with Crippen LogP contribution < -0.4 is 14.8 Å². The Balaban J connectivity index is 1.87. The Morgan fingerprint density at radius 1 is 1.14 bits per heavy atom. The van der Waals surface area contributed by atoms with Gasteiger partial charge in [-0.15, -0.1) is 13.2 Å². The van der Waals surface area contributed by atoms with Crippen LogP contribution in [0.4, 0.5) is 13.2 Å². The zero-order valence-electron chi connectivity index (χ0n) is 15.2. The van der Waals surface area contributed by atoms with E-state index in [4.69, 9.17) is 11.6 Å². The lowest BCUT2D eigenvalue weighted by atomic mass is 10.1. The molecule has 1 unspecified atom stereocenters. The molecule has 0 fully saturated rings. The van der Waals surface area contributed by atoms with Crippen molar-refractivity contribution in [2.45, 2.75) is 30.6 Å². The molecule has 158 valence electrons. The smallest absolute Gasteiger partial charge is 0.406 e. The highest BCUT2D eigenvalue weighted by atomic mass is 35.5. The average molecular weight is 451 g/mol. The molecule has 0 aliphatic carbocycles. The Bertz CT molecular complexity index is 950. The molecular weight excluding hydrogens is 433 g/mol. The quantitative estimate of drug-likeness (QED) is 0.641. The van der Waals surface area contributed by atoms with Crippen LogP contribution in [0.25, 0.3) is 0 Å². The number of rotatable bonds is 8. The lowest BCUT2D eigenvalue weighted by Gasteiger charge is -2.16. The number of alkyl halides is 3. The topological polar surface area (TPSA) is 84.5 Å². The Hall–Kier alpha value is -2.30. The molecule has 29 heavy (non-hydrogen) atoms. The van der Waals surface area contributed by atoms with Crippen LogP contribution in [0.3, 0.4) is 0 Å². The van der Waals surface area contributed by atoms with Gasteiger partial charge < -0.3 is 10.1 Å². The Kier molecular flexibility index (Phi) is 7.50. The highest BCUT2D eigenvalue weighted by Gasteiger charge is 2.31. The number of hydrogen-bond acceptors (Lipinski definition) is 4. The van der Waals surface area contributed by atoms with Crippen molar-refractivity contribution in [1.82, 2.24) is 10.0 Å². The minimum absolute atomic E-state index is 0.136. The zero-order valence-corrected chi connectivity index (χ0v) is 16.7. The van der Waals surface area contributed by atoms with E-state index in [0.29, 0.717) is 5.02 Å². The highest BCUT2D eigenvalue weighted by Crippen LogP contribution is 2.24. The molecule has 0 aromatic heterocycles. The number of carbonyl (C=O) groups is 1. The Morgan fingerprint density at radius 3 is 2.34 bits per heavy atom. The first-order chi connectivity index (χ1) is 13.5. The van der Waals surface area contributed by atoms with Gasteiger partial charge in [0.15, 0.2) is 0 Å². The number of halogens is 4.